The van der Waals surface area contributed by atoms with Crippen LogP contribution in [0, 0.1) is 12.7 Å². The number of anilines is 2. The second-order valence-corrected chi connectivity index (χ2v) is 7.43. The Labute approximate surface area is 174 Å². The van der Waals surface area contributed by atoms with Gasteiger partial charge in [0, 0.05) is 30.0 Å². The lowest BCUT2D eigenvalue weighted by Crippen LogP contribution is -2.22. The van der Waals surface area contributed by atoms with Gasteiger partial charge in [0.15, 0.2) is 5.76 Å². The van der Waals surface area contributed by atoms with E-state index in [-0.39, 0.29) is 17.5 Å². The summed E-state index contributed by atoms with van der Waals surface area (Å²) in [5, 5.41) is 3.33. The van der Waals surface area contributed by atoms with Crippen LogP contribution in [0.3, 0.4) is 0 Å². The Hall–Kier alpha value is -2.80. The minimum absolute atomic E-state index is 0.129. The fourth-order valence-corrected chi connectivity index (χ4v) is 3.56. The maximum absolute atomic E-state index is 13.0. The van der Waals surface area contributed by atoms with E-state index in [0.29, 0.717) is 11.0 Å². The Kier molecular flexibility index (Phi) is 6.93. The van der Waals surface area contributed by atoms with Gasteiger partial charge in [-0.05, 0) is 68.8 Å². The summed E-state index contributed by atoms with van der Waals surface area (Å²) < 4.78 is 18.7. The number of aromatic nitrogens is 1. The number of nitrogens with zero attached hydrogens (tertiary/aromatic N) is 2. The zero-order valence-electron chi connectivity index (χ0n) is 16.7. The molecule has 5 nitrogen and oxygen atoms in total. The number of aryl methyl sites for hydroxylation is 1. The van der Waals surface area contributed by atoms with E-state index in [1.165, 1.54) is 23.9 Å². The van der Waals surface area contributed by atoms with Gasteiger partial charge in [-0.15, -0.1) is 0 Å². The first-order chi connectivity index (χ1) is 14.0. The highest BCUT2D eigenvalue weighted by atomic mass is 32.2. The van der Waals surface area contributed by atoms with Crippen LogP contribution in [0.2, 0.25) is 0 Å². The molecule has 0 atom stereocenters. The number of oxazole rings is 1. The highest BCUT2D eigenvalue weighted by molar-refractivity contribution is 7.99. The molecule has 1 aromatic heterocycles. The Balaban J connectivity index is 1.57. The molecule has 0 spiro atoms. The molecule has 152 valence electrons. The van der Waals surface area contributed by atoms with E-state index in [1.807, 2.05) is 19.1 Å². The lowest BCUT2D eigenvalue weighted by atomic mass is 10.1. The van der Waals surface area contributed by atoms with E-state index < -0.39 is 0 Å². The molecular weight excluding hydrogens is 389 g/mol. The number of nitrogens with one attached hydrogen (secondary N) is 1. The van der Waals surface area contributed by atoms with E-state index in [0.717, 1.165) is 35.6 Å². The van der Waals surface area contributed by atoms with Crippen molar-refractivity contribution in [1.82, 2.24) is 4.98 Å². The monoisotopic (exact) mass is 413 g/mol. The van der Waals surface area contributed by atoms with Crippen LogP contribution in [-0.4, -0.2) is 29.7 Å². The van der Waals surface area contributed by atoms with E-state index in [9.17, 15) is 9.18 Å². The maximum Gasteiger partial charge on any atom is 0.256 e. The molecule has 1 N–H and O–H groups in total. The lowest BCUT2D eigenvalue weighted by Gasteiger charge is -2.22. The fourth-order valence-electron chi connectivity index (χ4n) is 2.96. The van der Waals surface area contributed by atoms with E-state index in [2.05, 4.69) is 35.1 Å². The smallest absolute Gasteiger partial charge is 0.256 e. The molecule has 0 radical (unpaired) electrons. The number of thioether (sulfide) groups is 1. The molecule has 0 saturated carbocycles. The van der Waals surface area contributed by atoms with Crippen LogP contribution in [0.4, 0.5) is 15.8 Å². The van der Waals surface area contributed by atoms with Gasteiger partial charge in [0.2, 0.25) is 5.91 Å². The summed E-state index contributed by atoms with van der Waals surface area (Å²) in [6.07, 6.45) is 1.57. The van der Waals surface area contributed by atoms with Gasteiger partial charge in [0.1, 0.15) is 5.82 Å². The summed E-state index contributed by atoms with van der Waals surface area (Å²) in [7, 11) is 0. The van der Waals surface area contributed by atoms with Crippen LogP contribution in [0.5, 0.6) is 0 Å². The Morgan fingerprint density at radius 3 is 2.55 bits per heavy atom. The SMILES string of the molecule is CCN(CC)c1ccc(NC(=O)CSc2ncc(-c3ccc(F)cc3)o2)c(C)c1. The molecule has 0 aliphatic carbocycles. The molecule has 3 aromatic rings. The van der Waals surface area contributed by atoms with Crippen molar-refractivity contribution in [3.05, 3.63) is 60.0 Å². The molecule has 2 aromatic carbocycles. The standard InChI is InChI=1S/C22H24FN3O2S/c1-4-26(5-2)18-10-11-19(15(3)12-18)25-21(27)14-29-22-24-13-20(28-22)16-6-8-17(23)9-7-16/h6-13H,4-5,14H2,1-3H3,(H,25,27). The lowest BCUT2D eigenvalue weighted by molar-refractivity contribution is -0.113. The second kappa shape index (κ2) is 9.60. The van der Waals surface area contributed by atoms with Gasteiger partial charge in [-0.1, -0.05) is 11.8 Å². The first-order valence-corrected chi connectivity index (χ1v) is 10.5. The molecule has 0 aliphatic heterocycles. The third kappa shape index (κ3) is 5.38. The van der Waals surface area contributed by atoms with Crippen molar-refractivity contribution in [2.45, 2.75) is 26.0 Å². The quantitative estimate of drug-likeness (QED) is 0.504. The molecule has 7 heteroatoms. The average molecular weight is 414 g/mol. The molecule has 1 heterocycles. The zero-order valence-corrected chi connectivity index (χ0v) is 17.6. The number of carbonyl (C=O) groups is 1. The number of hydrogen-bond donors (Lipinski definition) is 1. The molecule has 0 bridgehead atoms. The highest BCUT2D eigenvalue weighted by Gasteiger charge is 2.12. The van der Waals surface area contributed by atoms with Crippen LogP contribution >= 0.6 is 11.8 Å². The summed E-state index contributed by atoms with van der Waals surface area (Å²) in [6, 6.07) is 12.0. The van der Waals surface area contributed by atoms with Crippen LogP contribution in [0.25, 0.3) is 11.3 Å². The molecule has 29 heavy (non-hydrogen) atoms. The van der Waals surface area contributed by atoms with Crippen LogP contribution in [-0.2, 0) is 4.79 Å². The Morgan fingerprint density at radius 2 is 1.90 bits per heavy atom. The predicted octanol–water partition coefficient (Wildman–Crippen LogP) is 5.37. The van der Waals surface area contributed by atoms with Gasteiger partial charge in [-0.3, -0.25) is 4.79 Å². The van der Waals surface area contributed by atoms with Crippen molar-refractivity contribution in [2.24, 2.45) is 0 Å². The Bertz CT molecular complexity index is 968. The van der Waals surface area contributed by atoms with Crippen LogP contribution < -0.4 is 10.2 Å². The number of carbonyl (C=O) groups excluding carboxylic acids is 1. The number of benzene rings is 2. The van der Waals surface area contributed by atoms with Crippen LogP contribution in [0.15, 0.2) is 58.3 Å². The van der Waals surface area contributed by atoms with Gasteiger partial charge >= 0.3 is 0 Å². The second-order valence-electron chi connectivity index (χ2n) is 6.51. The maximum atomic E-state index is 13.0. The number of halogens is 1. The van der Waals surface area contributed by atoms with E-state index in [1.54, 1.807) is 18.3 Å². The van der Waals surface area contributed by atoms with Gasteiger partial charge in [0.25, 0.3) is 5.22 Å². The van der Waals surface area contributed by atoms with Crippen molar-refractivity contribution < 1.29 is 13.6 Å². The van der Waals surface area contributed by atoms with Gasteiger partial charge in [0.05, 0.1) is 11.9 Å². The minimum atomic E-state index is -0.306. The minimum Gasteiger partial charge on any atom is -0.431 e. The summed E-state index contributed by atoms with van der Waals surface area (Å²) >= 11 is 1.22. The van der Waals surface area contributed by atoms with Crippen LogP contribution in [0.1, 0.15) is 19.4 Å². The van der Waals surface area contributed by atoms with Gasteiger partial charge in [-0.2, -0.15) is 0 Å². The normalized spacial score (nSPS) is 10.8. The molecule has 3 rings (SSSR count). The molecular formula is C22H24FN3O2S. The summed E-state index contributed by atoms with van der Waals surface area (Å²) in [6.45, 7) is 8.10. The molecule has 0 aliphatic rings. The van der Waals surface area contributed by atoms with Crippen molar-refractivity contribution in [1.29, 1.82) is 0 Å². The van der Waals surface area contributed by atoms with Crippen molar-refractivity contribution in [2.75, 3.05) is 29.1 Å². The molecule has 0 fully saturated rings. The third-order valence-electron chi connectivity index (χ3n) is 4.55. The Morgan fingerprint density at radius 1 is 1.17 bits per heavy atom. The topological polar surface area (TPSA) is 58.4 Å². The highest BCUT2D eigenvalue weighted by Crippen LogP contribution is 2.26. The number of hydrogen-bond acceptors (Lipinski definition) is 5. The number of rotatable bonds is 8. The summed E-state index contributed by atoms with van der Waals surface area (Å²) in [4.78, 5) is 18.8. The predicted molar refractivity (Wildman–Crippen MR) is 116 cm³/mol. The molecule has 0 saturated heterocycles. The first-order valence-electron chi connectivity index (χ1n) is 9.50. The van der Waals surface area contributed by atoms with Gasteiger partial charge in [-0.25, -0.2) is 9.37 Å². The van der Waals surface area contributed by atoms with Crippen molar-refractivity contribution >= 4 is 29.0 Å². The van der Waals surface area contributed by atoms with Crippen molar-refractivity contribution in [3.8, 4) is 11.3 Å². The number of amides is 1. The average Bonchev–Trinajstić information content (AvgIpc) is 3.19. The largest absolute Gasteiger partial charge is 0.431 e. The van der Waals surface area contributed by atoms with Gasteiger partial charge < -0.3 is 14.6 Å². The van der Waals surface area contributed by atoms with E-state index >= 15 is 0 Å². The zero-order chi connectivity index (χ0) is 20.8. The third-order valence-corrected chi connectivity index (χ3v) is 5.39. The summed E-state index contributed by atoms with van der Waals surface area (Å²) in [5.41, 5.74) is 3.69. The molecule has 0 unspecified atom stereocenters. The fraction of sp³-hybridized carbons (Fsp3) is 0.273. The van der Waals surface area contributed by atoms with Crippen molar-refractivity contribution in [3.63, 3.8) is 0 Å². The van der Waals surface area contributed by atoms with E-state index in [4.69, 9.17) is 4.42 Å². The summed E-state index contributed by atoms with van der Waals surface area (Å²) in [5.74, 6) is 0.284. The first kappa shape index (κ1) is 20.9. The molecule has 1 amide bonds.